The number of benzene rings is 1. The zero-order valence-electron chi connectivity index (χ0n) is 11.5. The molecule has 3 amide bonds. The largest absolute Gasteiger partial charge is 0.351 e. The Morgan fingerprint density at radius 2 is 2.05 bits per heavy atom. The van der Waals surface area contributed by atoms with Crippen molar-refractivity contribution < 1.29 is 9.59 Å². The molecule has 0 radical (unpaired) electrons. The molecule has 6 nitrogen and oxygen atoms in total. The molecule has 1 aliphatic heterocycles. The van der Waals surface area contributed by atoms with Crippen LogP contribution in [-0.2, 0) is 4.79 Å². The van der Waals surface area contributed by atoms with Crippen LogP contribution in [0.2, 0.25) is 0 Å². The Bertz CT molecular complexity index is 480. The predicted molar refractivity (Wildman–Crippen MR) is 77.2 cm³/mol. The fourth-order valence-electron chi connectivity index (χ4n) is 2.30. The number of nitrogens with one attached hydrogen (secondary N) is 3. The molecular weight excluding hydrogens is 256 g/mol. The fourth-order valence-corrected chi connectivity index (χ4v) is 2.30. The van der Waals surface area contributed by atoms with E-state index < -0.39 is 6.03 Å². The number of carbonyl (C=O) groups is 2. The lowest BCUT2D eigenvalue weighted by Gasteiger charge is -2.18. The van der Waals surface area contributed by atoms with Gasteiger partial charge in [-0.3, -0.25) is 4.79 Å². The highest BCUT2D eigenvalue weighted by atomic mass is 16.2. The van der Waals surface area contributed by atoms with Crippen molar-refractivity contribution in [1.82, 2.24) is 10.6 Å². The average Bonchev–Trinajstić information content (AvgIpc) is 2.92. The minimum absolute atomic E-state index is 0.0364. The second-order valence-electron chi connectivity index (χ2n) is 4.99. The number of carbonyl (C=O) groups excluding carboxylic acids is 2. The van der Waals surface area contributed by atoms with E-state index >= 15 is 0 Å². The van der Waals surface area contributed by atoms with E-state index in [0.717, 1.165) is 24.9 Å². The summed E-state index contributed by atoms with van der Waals surface area (Å²) in [6.07, 6.45) is 1.93. The number of rotatable bonds is 4. The van der Waals surface area contributed by atoms with Crippen LogP contribution < -0.4 is 21.7 Å². The third-order valence-electron chi connectivity index (χ3n) is 3.41. The van der Waals surface area contributed by atoms with Crippen molar-refractivity contribution in [2.75, 3.05) is 11.9 Å². The van der Waals surface area contributed by atoms with E-state index in [2.05, 4.69) is 16.0 Å². The fraction of sp³-hybridized carbons (Fsp3) is 0.429. The highest BCUT2D eigenvalue weighted by molar-refractivity contribution is 5.87. The van der Waals surface area contributed by atoms with E-state index in [4.69, 9.17) is 5.73 Å². The lowest BCUT2D eigenvalue weighted by molar-refractivity contribution is -0.123. The van der Waals surface area contributed by atoms with E-state index in [-0.39, 0.29) is 18.0 Å². The molecule has 1 fully saturated rings. The van der Waals surface area contributed by atoms with Gasteiger partial charge in [-0.2, -0.15) is 0 Å². The van der Waals surface area contributed by atoms with E-state index in [1.807, 2.05) is 19.1 Å². The van der Waals surface area contributed by atoms with Gasteiger partial charge in [0.1, 0.15) is 0 Å². The summed E-state index contributed by atoms with van der Waals surface area (Å²) in [5, 5.41) is 8.65. The molecule has 2 rings (SSSR count). The zero-order valence-corrected chi connectivity index (χ0v) is 11.5. The van der Waals surface area contributed by atoms with E-state index in [1.54, 1.807) is 12.1 Å². The van der Waals surface area contributed by atoms with Crippen LogP contribution in [0.15, 0.2) is 24.3 Å². The van der Waals surface area contributed by atoms with Crippen molar-refractivity contribution in [2.24, 2.45) is 5.73 Å². The van der Waals surface area contributed by atoms with Crippen LogP contribution in [0.1, 0.15) is 31.4 Å². The minimum Gasteiger partial charge on any atom is -0.351 e. The molecule has 2 atom stereocenters. The Hall–Kier alpha value is -2.08. The molecule has 1 saturated heterocycles. The van der Waals surface area contributed by atoms with Crippen molar-refractivity contribution in [3.63, 3.8) is 0 Å². The molecule has 0 bridgehead atoms. The molecule has 0 spiro atoms. The number of amides is 3. The topological polar surface area (TPSA) is 96.2 Å². The molecule has 0 aromatic heterocycles. The third-order valence-corrected chi connectivity index (χ3v) is 3.41. The summed E-state index contributed by atoms with van der Waals surface area (Å²) < 4.78 is 0. The van der Waals surface area contributed by atoms with Crippen molar-refractivity contribution in [1.29, 1.82) is 0 Å². The number of primary amides is 1. The summed E-state index contributed by atoms with van der Waals surface area (Å²) in [4.78, 5) is 22.7. The number of hydrogen-bond donors (Lipinski definition) is 4. The lowest BCUT2D eigenvalue weighted by Crippen LogP contribution is -2.41. The Balaban J connectivity index is 1.92. The minimum atomic E-state index is -0.591. The van der Waals surface area contributed by atoms with Crippen LogP contribution in [0.25, 0.3) is 0 Å². The normalized spacial score (nSPS) is 19.4. The number of nitrogens with two attached hydrogens (primary N) is 1. The summed E-state index contributed by atoms with van der Waals surface area (Å²) in [6.45, 7) is 2.84. The highest BCUT2D eigenvalue weighted by Gasteiger charge is 2.23. The second kappa shape index (κ2) is 6.38. The van der Waals surface area contributed by atoms with Gasteiger partial charge in [0.15, 0.2) is 0 Å². The van der Waals surface area contributed by atoms with E-state index in [1.165, 1.54) is 0 Å². The van der Waals surface area contributed by atoms with Crippen LogP contribution in [0, 0.1) is 0 Å². The Morgan fingerprint density at radius 1 is 1.35 bits per heavy atom. The molecule has 1 aromatic rings. The first kappa shape index (κ1) is 14.3. The molecular formula is C14H20N4O2. The first-order chi connectivity index (χ1) is 9.56. The average molecular weight is 276 g/mol. The highest BCUT2D eigenvalue weighted by Crippen LogP contribution is 2.16. The van der Waals surface area contributed by atoms with Gasteiger partial charge < -0.3 is 21.7 Å². The van der Waals surface area contributed by atoms with Crippen molar-refractivity contribution in [3.05, 3.63) is 29.8 Å². The summed E-state index contributed by atoms with van der Waals surface area (Å²) in [5.74, 6) is 0.0364. The summed E-state index contributed by atoms with van der Waals surface area (Å²) in [7, 11) is 0. The maximum atomic E-state index is 12.0. The van der Waals surface area contributed by atoms with Gasteiger partial charge in [-0.1, -0.05) is 12.1 Å². The molecule has 1 heterocycles. The van der Waals surface area contributed by atoms with Crippen LogP contribution in [0.4, 0.5) is 10.5 Å². The first-order valence-electron chi connectivity index (χ1n) is 6.76. The summed E-state index contributed by atoms with van der Waals surface area (Å²) >= 11 is 0. The van der Waals surface area contributed by atoms with Crippen molar-refractivity contribution >= 4 is 17.6 Å². The van der Waals surface area contributed by atoms with Crippen LogP contribution in [-0.4, -0.2) is 24.5 Å². The number of anilines is 1. The molecule has 1 aromatic carbocycles. The maximum Gasteiger partial charge on any atom is 0.316 e. The maximum absolute atomic E-state index is 12.0. The van der Waals surface area contributed by atoms with Gasteiger partial charge in [-0.05, 0) is 44.0 Å². The van der Waals surface area contributed by atoms with Gasteiger partial charge in [0.2, 0.25) is 5.91 Å². The van der Waals surface area contributed by atoms with Gasteiger partial charge in [0, 0.05) is 5.69 Å². The molecule has 1 unspecified atom stereocenters. The second-order valence-corrected chi connectivity index (χ2v) is 4.99. The predicted octanol–water partition coefficient (Wildman–Crippen LogP) is 1.11. The van der Waals surface area contributed by atoms with Crippen LogP contribution in [0.5, 0.6) is 0 Å². The van der Waals surface area contributed by atoms with Gasteiger partial charge in [-0.15, -0.1) is 0 Å². The lowest BCUT2D eigenvalue weighted by atomic mass is 10.1. The molecule has 108 valence electrons. The summed E-state index contributed by atoms with van der Waals surface area (Å²) in [5.41, 5.74) is 6.66. The van der Waals surface area contributed by atoms with E-state index in [9.17, 15) is 9.59 Å². The quantitative estimate of drug-likeness (QED) is 0.663. The monoisotopic (exact) mass is 276 g/mol. The van der Waals surface area contributed by atoms with Crippen LogP contribution in [0.3, 0.4) is 0 Å². The number of hydrogen-bond acceptors (Lipinski definition) is 3. The third kappa shape index (κ3) is 3.71. The van der Waals surface area contributed by atoms with Crippen LogP contribution >= 0.6 is 0 Å². The standard InChI is InChI=1S/C14H20N4O2/c1-9(17-13(19)12-3-2-8-16-12)10-4-6-11(7-5-10)18-14(15)20/h4-7,9,12,16H,2-3,8H2,1H3,(H,17,19)(H3,15,18,20)/t9?,12-/m1/s1. The smallest absolute Gasteiger partial charge is 0.316 e. The van der Waals surface area contributed by atoms with Gasteiger partial charge in [0.25, 0.3) is 0 Å². The molecule has 5 N–H and O–H groups in total. The van der Waals surface area contributed by atoms with Gasteiger partial charge >= 0.3 is 6.03 Å². The molecule has 0 saturated carbocycles. The Labute approximate surface area is 118 Å². The summed E-state index contributed by atoms with van der Waals surface area (Å²) in [6, 6.07) is 6.50. The Kier molecular flexibility index (Phi) is 4.57. The molecule has 20 heavy (non-hydrogen) atoms. The van der Waals surface area contributed by atoms with Crippen molar-refractivity contribution in [3.8, 4) is 0 Å². The van der Waals surface area contributed by atoms with E-state index in [0.29, 0.717) is 5.69 Å². The molecule has 1 aliphatic rings. The number of urea groups is 1. The Morgan fingerprint density at radius 3 is 2.60 bits per heavy atom. The van der Waals surface area contributed by atoms with Gasteiger partial charge in [0.05, 0.1) is 12.1 Å². The first-order valence-corrected chi connectivity index (χ1v) is 6.76. The van der Waals surface area contributed by atoms with Gasteiger partial charge in [-0.25, -0.2) is 4.79 Å². The van der Waals surface area contributed by atoms with Crippen molar-refractivity contribution in [2.45, 2.75) is 31.8 Å². The molecule has 6 heteroatoms. The molecule has 0 aliphatic carbocycles. The zero-order chi connectivity index (χ0) is 14.5. The SMILES string of the molecule is CC(NC(=O)[C@H]1CCCN1)c1ccc(NC(N)=O)cc1.